The molecule has 0 radical (unpaired) electrons. The van der Waals surface area contributed by atoms with Crippen LogP contribution in [0.4, 0.5) is 0 Å². The lowest BCUT2D eigenvalue weighted by molar-refractivity contribution is 0.424. The highest BCUT2D eigenvalue weighted by molar-refractivity contribution is 6.35. The largest absolute Gasteiger partial charge is 0.308 e. The highest BCUT2D eigenvalue weighted by atomic mass is 35.5. The molecule has 0 saturated heterocycles. The maximum atomic E-state index is 6.22. The molecule has 5 heteroatoms. The summed E-state index contributed by atoms with van der Waals surface area (Å²) in [6.45, 7) is 7.09. The van der Waals surface area contributed by atoms with Crippen molar-refractivity contribution in [2.24, 2.45) is 0 Å². The number of benzene rings is 1. The maximum Gasteiger partial charge on any atom is 0.0710 e. The van der Waals surface area contributed by atoms with Gasteiger partial charge >= 0.3 is 0 Å². The Morgan fingerprint density at radius 1 is 1.26 bits per heavy atom. The molecule has 19 heavy (non-hydrogen) atoms. The van der Waals surface area contributed by atoms with Crippen LogP contribution in [0.5, 0.6) is 0 Å². The first kappa shape index (κ1) is 14.4. The zero-order valence-electron chi connectivity index (χ0n) is 11.2. The molecule has 102 valence electrons. The summed E-state index contributed by atoms with van der Waals surface area (Å²) < 4.78 is 0. The van der Waals surface area contributed by atoms with Gasteiger partial charge in [-0.25, -0.2) is 0 Å². The third-order valence-corrected chi connectivity index (χ3v) is 3.29. The Bertz CT molecular complexity index is 570. The van der Waals surface area contributed by atoms with E-state index >= 15 is 0 Å². The molecule has 0 aliphatic rings. The predicted octanol–water partition coefficient (Wildman–Crippen LogP) is 4.27. The Morgan fingerprint density at radius 2 is 2.00 bits per heavy atom. The fourth-order valence-corrected chi connectivity index (χ4v) is 2.11. The highest BCUT2D eigenvalue weighted by Crippen LogP contribution is 2.31. The molecule has 0 atom stereocenters. The van der Waals surface area contributed by atoms with E-state index in [1.165, 1.54) is 0 Å². The lowest BCUT2D eigenvalue weighted by Gasteiger charge is -2.20. The van der Waals surface area contributed by atoms with E-state index < -0.39 is 0 Å². The number of aromatic amines is 1. The van der Waals surface area contributed by atoms with Crippen molar-refractivity contribution in [2.45, 2.75) is 32.9 Å². The minimum absolute atomic E-state index is 0.0483. The van der Waals surface area contributed by atoms with Crippen LogP contribution in [0.25, 0.3) is 11.3 Å². The zero-order chi connectivity index (χ0) is 14.0. The van der Waals surface area contributed by atoms with Gasteiger partial charge in [0.05, 0.1) is 16.9 Å². The summed E-state index contributed by atoms with van der Waals surface area (Å²) >= 11 is 12.3. The second kappa shape index (κ2) is 5.53. The molecule has 1 heterocycles. The van der Waals surface area contributed by atoms with E-state index in [2.05, 4.69) is 36.3 Å². The summed E-state index contributed by atoms with van der Waals surface area (Å²) in [5.74, 6) is 0. The Hall–Kier alpha value is -1.03. The Balaban J connectivity index is 2.31. The van der Waals surface area contributed by atoms with Gasteiger partial charge in [0.15, 0.2) is 0 Å². The second-order valence-electron chi connectivity index (χ2n) is 5.50. The number of rotatable bonds is 3. The fraction of sp³-hybridized carbons (Fsp3) is 0.357. The van der Waals surface area contributed by atoms with Crippen molar-refractivity contribution in [3.8, 4) is 11.3 Å². The van der Waals surface area contributed by atoms with Gasteiger partial charge < -0.3 is 5.32 Å². The van der Waals surface area contributed by atoms with Gasteiger partial charge in [0, 0.05) is 28.2 Å². The minimum Gasteiger partial charge on any atom is -0.308 e. The minimum atomic E-state index is 0.0483. The molecule has 0 amide bonds. The van der Waals surface area contributed by atoms with Gasteiger partial charge in [0.25, 0.3) is 0 Å². The van der Waals surface area contributed by atoms with Crippen LogP contribution >= 0.6 is 23.2 Å². The predicted molar refractivity (Wildman–Crippen MR) is 80.6 cm³/mol. The molecule has 1 aromatic carbocycles. The monoisotopic (exact) mass is 297 g/mol. The van der Waals surface area contributed by atoms with Crippen LogP contribution < -0.4 is 5.32 Å². The number of H-pyrrole nitrogens is 1. The average Bonchev–Trinajstić information content (AvgIpc) is 2.77. The van der Waals surface area contributed by atoms with Crippen LogP contribution in [0.2, 0.25) is 10.0 Å². The first-order valence-corrected chi connectivity index (χ1v) is 6.85. The molecule has 0 unspecified atom stereocenters. The third kappa shape index (κ3) is 3.72. The number of nitrogens with zero attached hydrogens (tertiary/aromatic N) is 1. The lowest BCUT2D eigenvalue weighted by atomic mass is 10.1. The Labute approximate surface area is 123 Å². The smallest absolute Gasteiger partial charge is 0.0710 e. The van der Waals surface area contributed by atoms with E-state index in [9.17, 15) is 0 Å². The normalized spacial score (nSPS) is 11.8. The molecule has 0 aliphatic heterocycles. The van der Waals surface area contributed by atoms with Crippen LogP contribution in [-0.4, -0.2) is 15.7 Å². The molecule has 1 aromatic heterocycles. The SMILES string of the molecule is CC(C)(C)NCc1cn[nH]c1-c1cc(Cl)ccc1Cl. The number of halogens is 2. The van der Waals surface area contributed by atoms with Crippen molar-refractivity contribution < 1.29 is 0 Å². The summed E-state index contributed by atoms with van der Waals surface area (Å²) in [5, 5.41) is 11.8. The van der Waals surface area contributed by atoms with E-state index in [4.69, 9.17) is 23.2 Å². The van der Waals surface area contributed by atoms with Crippen LogP contribution in [0.1, 0.15) is 26.3 Å². The third-order valence-electron chi connectivity index (χ3n) is 2.72. The van der Waals surface area contributed by atoms with Gasteiger partial charge in [-0.1, -0.05) is 23.2 Å². The maximum absolute atomic E-state index is 6.22. The lowest BCUT2D eigenvalue weighted by Crippen LogP contribution is -2.35. The van der Waals surface area contributed by atoms with E-state index in [1.807, 2.05) is 12.3 Å². The molecular weight excluding hydrogens is 281 g/mol. The van der Waals surface area contributed by atoms with E-state index in [-0.39, 0.29) is 5.54 Å². The number of hydrogen-bond donors (Lipinski definition) is 2. The summed E-state index contributed by atoms with van der Waals surface area (Å²) in [6.07, 6.45) is 1.81. The molecule has 0 fully saturated rings. The van der Waals surface area contributed by atoms with Crippen molar-refractivity contribution in [3.05, 3.63) is 40.0 Å². The molecule has 0 spiro atoms. The van der Waals surface area contributed by atoms with E-state index in [0.29, 0.717) is 10.0 Å². The van der Waals surface area contributed by atoms with Crippen molar-refractivity contribution in [1.29, 1.82) is 0 Å². The molecule has 0 bridgehead atoms. The summed E-state index contributed by atoms with van der Waals surface area (Å²) in [4.78, 5) is 0. The van der Waals surface area contributed by atoms with Crippen LogP contribution in [0.15, 0.2) is 24.4 Å². The Morgan fingerprint density at radius 3 is 2.68 bits per heavy atom. The molecule has 2 aromatic rings. The van der Waals surface area contributed by atoms with Gasteiger partial charge in [-0.15, -0.1) is 0 Å². The van der Waals surface area contributed by atoms with Crippen molar-refractivity contribution in [3.63, 3.8) is 0 Å². The van der Waals surface area contributed by atoms with Gasteiger partial charge in [0.1, 0.15) is 0 Å². The van der Waals surface area contributed by atoms with E-state index in [1.54, 1.807) is 12.1 Å². The molecule has 0 saturated carbocycles. The molecular formula is C14H17Cl2N3. The first-order valence-electron chi connectivity index (χ1n) is 6.09. The number of aromatic nitrogens is 2. The molecule has 2 N–H and O–H groups in total. The zero-order valence-corrected chi connectivity index (χ0v) is 12.7. The van der Waals surface area contributed by atoms with Gasteiger partial charge in [0.2, 0.25) is 0 Å². The van der Waals surface area contributed by atoms with E-state index in [0.717, 1.165) is 23.4 Å². The molecule has 2 rings (SSSR count). The topological polar surface area (TPSA) is 40.7 Å². The van der Waals surface area contributed by atoms with Crippen LogP contribution in [0, 0.1) is 0 Å². The summed E-state index contributed by atoms with van der Waals surface area (Å²) in [6, 6.07) is 5.41. The standard InChI is InChI=1S/C14H17Cl2N3/c1-14(2,3)17-7-9-8-18-19-13(9)11-6-10(15)4-5-12(11)16/h4-6,8,17H,7H2,1-3H3,(H,18,19). The van der Waals surface area contributed by atoms with Gasteiger partial charge in [-0.3, -0.25) is 5.10 Å². The second-order valence-corrected chi connectivity index (χ2v) is 6.34. The quantitative estimate of drug-likeness (QED) is 0.888. The summed E-state index contributed by atoms with van der Waals surface area (Å²) in [5.41, 5.74) is 2.90. The highest BCUT2D eigenvalue weighted by Gasteiger charge is 2.14. The number of nitrogens with one attached hydrogen (secondary N) is 2. The van der Waals surface area contributed by atoms with Crippen LogP contribution in [0.3, 0.4) is 0 Å². The average molecular weight is 298 g/mol. The van der Waals surface area contributed by atoms with Crippen LogP contribution in [-0.2, 0) is 6.54 Å². The number of hydrogen-bond acceptors (Lipinski definition) is 2. The van der Waals surface area contributed by atoms with Gasteiger partial charge in [-0.2, -0.15) is 5.10 Å². The van der Waals surface area contributed by atoms with Crippen molar-refractivity contribution >= 4 is 23.2 Å². The Kier molecular flexibility index (Phi) is 4.19. The molecule has 3 nitrogen and oxygen atoms in total. The summed E-state index contributed by atoms with van der Waals surface area (Å²) in [7, 11) is 0. The van der Waals surface area contributed by atoms with Crippen molar-refractivity contribution in [2.75, 3.05) is 0 Å². The van der Waals surface area contributed by atoms with Gasteiger partial charge in [-0.05, 0) is 39.0 Å². The fourth-order valence-electron chi connectivity index (χ4n) is 1.73. The van der Waals surface area contributed by atoms with Crippen molar-refractivity contribution in [1.82, 2.24) is 15.5 Å². The molecule has 0 aliphatic carbocycles. The first-order chi connectivity index (χ1) is 8.87.